The molecule has 0 aliphatic carbocycles. The normalized spacial score (nSPS) is 27.1. The Morgan fingerprint density at radius 2 is 1.94 bits per heavy atom. The monoisotopic (exact) mass is 289 g/mol. The maximum atomic E-state index is 12.6. The summed E-state index contributed by atoms with van der Waals surface area (Å²) in [6.45, 7) is 13.7. The third-order valence-corrected chi connectivity index (χ3v) is 9.94. The van der Waals surface area contributed by atoms with Gasteiger partial charge in [-0.3, -0.25) is 9.69 Å². The minimum atomic E-state index is -2.01. The molecule has 1 unspecified atom stereocenters. The average molecular weight is 290 g/mol. The Balaban J connectivity index is 2.82. The third-order valence-electron chi connectivity index (χ3n) is 4.39. The molecule has 0 aromatic carbocycles. The van der Waals surface area contributed by atoms with E-state index >= 15 is 0 Å². The van der Waals surface area contributed by atoms with E-state index in [4.69, 9.17) is 4.43 Å². The van der Waals surface area contributed by atoms with E-state index in [-0.39, 0.29) is 11.0 Å². The van der Waals surface area contributed by atoms with Crippen LogP contribution in [0.25, 0.3) is 0 Å². The zero-order chi connectivity index (χ0) is 14.2. The molecule has 0 N–H and O–H groups in total. The Labute approximate surface area is 117 Å². The van der Waals surface area contributed by atoms with E-state index < -0.39 is 13.9 Å². The van der Waals surface area contributed by atoms with Gasteiger partial charge in [-0.2, -0.15) is 11.8 Å². The molecule has 1 aliphatic heterocycles. The lowest BCUT2D eigenvalue weighted by Gasteiger charge is -2.44. The summed E-state index contributed by atoms with van der Waals surface area (Å²) in [5.41, 5.74) is -0.460. The molecule has 1 heterocycles. The van der Waals surface area contributed by atoms with Crippen LogP contribution >= 0.6 is 11.8 Å². The highest BCUT2D eigenvalue weighted by Crippen LogP contribution is 2.38. The summed E-state index contributed by atoms with van der Waals surface area (Å²) in [6, 6.07) is 0. The first-order valence-corrected chi connectivity index (χ1v) is 10.6. The molecule has 0 aromatic heterocycles. The quantitative estimate of drug-likeness (QED) is 0.731. The average Bonchev–Trinajstić information content (AvgIpc) is 2.20. The summed E-state index contributed by atoms with van der Waals surface area (Å²) in [5.74, 6) is 1.89. The second-order valence-electron chi connectivity index (χ2n) is 6.90. The standard InChI is InChI=1S/C13H27NO2SSi/c1-12(2,3)18(6,7)16-11(15)13(4)10-17-9-8-14(13)5/h8-10H2,1-7H3. The molecular weight excluding hydrogens is 262 g/mol. The zero-order valence-electron chi connectivity index (χ0n) is 12.8. The molecule has 18 heavy (non-hydrogen) atoms. The summed E-state index contributed by atoms with van der Waals surface area (Å²) in [4.78, 5) is 14.7. The van der Waals surface area contributed by atoms with Gasteiger partial charge in [0.05, 0.1) is 0 Å². The van der Waals surface area contributed by atoms with Gasteiger partial charge in [-0.05, 0) is 32.1 Å². The smallest absolute Gasteiger partial charge is 0.313 e. The van der Waals surface area contributed by atoms with Crippen LogP contribution in [0.1, 0.15) is 27.7 Å². The van der Waals surface area contributed by atoms with Crippen LogP contribution in [-0.2, 0) is 9.22 Å². The molecule has 0 spiro atoms. The van der Waals surface area contributed by atoms with Crippen molar-refractivity contribution in [1.29, 1.82) is 0 Å². The molecule has 0 saturated carbocycles. The van der Waals surface area contributed by atoms with Gasteiger partial charge in [0.2, 0.25) is 0 Å². The van der Waals surface area contributed by atoms with E-state index in [9.17, 15) is 4.79 Å². The lowest BCUT2D eigenvalue weighted by atomic mass is 10.0. The Bertz CT molecular complexity index is 327. The van der Waals surface area contributed by atoms with E-state index in [0.29, 0.717) is 0 Å². The Morgan fingerprint density at radius 1 is 1.39 bits per heavy atom. The molecular formula is C13H27NO2SSi. The minimum Gasteiger partial charge on any atom is -0.518 e. The van der Waals surface area contributed by atoms with Gasteiger partial charge in [0, 0.05) is 18.1 Å². The van der Waals surface area contributed by atoms with Gasteiger partial charge in [0.15, 0.2) is 0 Å². The van der Waals surface area contributed by atoms with Gasteiger partial charge in [-0.25, -0.2) is 0 Å². The van der Waals surface area contributed by atoms with Gasteiger partial charge in [-0.1, -0.05) is 20.8 Å². The largest absolute Gasteiger partial charge is 0.518 e. The van der Waals surface area contributed by atoms with Crippen LogP contribution in [0.5, 0.6) is 0 Å². The van der Waals surface area contributed by atoms with Gasteiger partial charge >= 0.3 is 5.97 Å². The SMILES string of the molecule is CN1CCSCC1(C)C(=O)O[Si](C)(C)C(C)(C)C. The van der Waals surface area contributed by atoms with E-state index in [1.807, 2.05) is 25.7 Å². The maximum absolute atomic E-state index is 12.6. The van der Waals surface area contributed by atoms with Crippen molar-refractivity contribution in [2.75, 3.05) is 25.1 Å². The first kappa shape index (κ1) is 16.1. The number of likely N-dealkylation sites (N-methyl/N-ethyl adjacent to an activating group) is 1. The van der Waals surface area contributed by atoms with Gasteiger partial charge in [0.1, 0.15) is 5.54 Å². The summed E-state index contributed by atoms with van der Waals surface area (Å²) < 4.78 is 5.96. The first-order chi connectivity index (χ1) is 8.01. The second-order valence-corrected chi connectivity index (χ2v) is 12.7. The Hall–Kier alpha value is -0.00312. The fourth-order valence-electron chi connectivity index (χ4n) is 1.54. The zero-order valence-corrected chi connectivity index (χ0v) is 14.6. The van der Waals surface area contributed by atoms with Crippen molar-refractivity contribution in [3.8, 4) is 0 Å². The number of nitrogens with zero attached hydrogens (tertiary/aromatic N) is 1. The molecule has 5 heteroatoms. The molecule has 0 aromatic rings. The maximum Gasteiger partial charge on any atom is 0.313 e. The molecule has 1 rings (SSSR count). The van der Waals surface area contributed by atoms with Crippen molar-refractivity contribution >= 4 is 26.0 Å². The van der Waals surface area contributed by atoms with Gasteiger partial charge in [0.25, 0.3) is 8.32 Å². The van der Waals surface area contributed by atoms with Crippen LogP contribution in [0, 0.1) is 0 Å². The van der Waals surface area contributed by atoms with E-state index in [1.54, 1.807) is 0 Å². The van der Waals surface area contributed by atoms with E-state index in [1.165, 1.54) is 0 Å². The molecule has 1 atom stereocenters. The molecule has 106 valence electrons. The lowest BCUT2D eigenvalue weighted by Crippen LogP contribution is -2.59. The van der Waals surface area contributed by atoms with E-state index in [0.717, 1.165) is 18.1 Å². The predicted molar refractivity (Wildman–Crippen MR) is 81.6 cm³/mol. The molecule has 1 aliphatic rings. The molecule has 1 fully saturated rings. The molecule has 0 radical (unpaired) electrons. The number of hydrogen-bond acceptors (Lipinski definition) is 4. The highest BCUT2D eigenvalue weighted by Gasteiger charge is 2.47. The fourth-order valence-corrected chi connectivity index (χ4v) is 3.81. The van der Waals surface area contributed by atoms with Crippen molar-refractivity contribution in [2.45, 2.75) is 51.4 Å². The fraction of sp³-hybridized carbons (Fsp3) is 0.923. The van der Waals surface area contributed by atoms with Gasteiger partial charge < -0.3 is 4.43 Å². The van der Waals surface area contributed by atoms with Crippen LogP contribution in [0.2, 0.25) is 18.1 Å². The molecule has 3 nitrogen and oxygen atoms in total. The minimum absolute atomic E-state index is 0.0382. The highest BCUT2D eigenvalue weighted by atomic mass is 32.2. The molecule has 0 amide bonds. The number of hydrogen-bond donors (Lipinski definition) is 0. The first-order valence-electron chi connectivity index (χ1n) is 6.53. The van der Waals surface area contributed by atoms with Crippen LogP contribution in [0.4, 0.5) is 0 Å². The number of carbonyl (C=O) groups is 1. The summed E-state index contributed by atoms with van der Waals surface area (Å²) in [7, 11) is 0.00644. The van der Waals surface area contributed by atoms with Crippen LogP contribution < -0.4 is 0 Å². The summed E-state index contributed by atoms with van der Waals surface area (Å²) >= 11 is 1.84. The number of rotatable bonds is 2. The van der Waals surface area contributed by atoms with Crippen LogP contribution in [0.15, 0.2) is 0 Å². The summed E-state index contributed by atoms with van der Waals surface area (Å²) in [5, 5.41) is 0.0689. The van der Waals surface area contributed by atoms with E-state index in [2.05, 4.69) is 38.8 Å². The number of carbonyl (C=O) groups excluding carboxylic acids is 1. The Morgan fingerprint density at radius 3 is 2.39 bits per heavy atom. The predicted octanol–water partition coefficient (Wildman–Crippen LogP) is 2.97. The number of thioether (sulfide) groups is 1. The second kappa shape index (κ2) is 5.17. The third kappa shape index (κ3) is 3.11. The van der Waals surface area contributed by atoms with Crippen LogP contribution in [-0.4, -0.2) is 49.8 Å². The topological polar surface area (TPSA) is 29.5 Å². The molecule has 1 saturated heterocycles. The van der Waals surface area contributed by atoms with Crippen molar-refractivity contribution in [3.63, 3.8) is 0 Å². The van der Waals surface area contributed by atoms with Crippen LogP contribution in [0.3, 0.4) is 0 Å². The molecule has 0 bridgehead atoms. The van der Waals surface area contributed by atoms with Crippen molar-refractivity contribution < 1.29 is 9.22 Å². The highest BCUT2D eigenvalue weighted by molar-refractivity contribution is 7.99. The lowest BCUT2D eigenvalue weighted by molar-refractivity contribution is -0.146. The Kier molecular flexibility index (Phi) is 4.61. The summed E-state index contributed by atoms with van der Waals surface area (Å²) in [6.07, 6.45) is 0. The van der Waals surface area contributed by atoms with Crippen molar-refractivity contribution in [1.82, 2.24) is 4.90 Å². The van der Waals surface area contributed by atoms with Gasteiger partial charge in [-0.15, -0.1) is 0 Å². The van der Waals surface area contributed by atoms with Crippen molar-refractivity contribution in [3.05, 3.63) is 0 Å². The van der Waals surface area contributed by atoms with Crippen molar-refractivity contribution in [2.24, 2.45) is 0 Å².